The van der Waals surface area contributed by atoms with Gasteiger partial charge in [0.05, 0.1) is 6.54 Å². The summed E-state index contributed by atoms with van der Waals surface area (Å²) in [6.07, 6.45) is -4.39. The lowest BCUT2D eigenvalue weighted by Crippen LogP contribution is -2.59. The van der Waals surface area contributed by atoms with Gasteiger partial charge < -0.3 is 70.4 Å². The van der Waals surface area contributed by atoms with Gasteiger partial charge >= 0.3 is 0 Å². The molecule has 5 atom stereocenters. The first-order valence-electron chi connectivity index (χ1n) is 13.5. The van der Waals surface area contributed by atoms with Crippen LogP contribution in [0.4, 0.5) is 0 Å². The minimum absolute atomic E-state index is 0.0206. The van der Waals surface area contributed by atoms with Crippen molar-refractivity contribution >= 4 is 41.4 Å². The van der Waals surface area contributed by atoms with Crippen molar-refractivity contribution in [3.63, 3.8) is 0 Å². The van der Waals surface area contributed by atoms with Crippen LogP contribution in [0.2, 0.25) is 0 Å². The number of amides is 7. The Morgan fingerprint density at radius 3 is 1.58 bits per heavy atom. The second-order valence-corrected chi connectivity index (χ2v) is 8.97. The molecule has 0 aromatic rings. The quantitative estimate of drug-likeness (QED) is 0.131. The van der Waals surface area contributed by atoms with Gasteiger partial charge in [0, 0.05) is 13.0 Å². The highest BCUT2D eigenvalue weighted by Crippen LogP contribution is 1.99. The molecule has 1 aliphatic rings. The zero-order valence-corrected chi connectivity index (χ0v) is 24.0. The highest BCUT2D eigenvalue weighted by molar-refractivity contribution is 5.95. The normalized spacial score (nSPS) is 25.7. The van der Waals surface area contributed by atoms with Gasteiger partial charge in [-0.1, -0.05) is 0 Å². The fourth-order valence-corrected chi connectivity index (χ4v) is 3.51. The summed E-state index contributed by atoms with van der Waals surface area (Å²) in [6.45, 7) is -0.896. The Balaban J connectivity index is 0.00000862. The number of hydrogen-bond donors (Lipinski definition) is 13. The van der Waals surface area contributed by atoms with Crippen molar-refractivity contribution in [1.82, 2.24) is 37.2 Å². The Hall–Kier alpha value is -3.95. The molecular weight excluding hydrogens is 574 g/mol. The summed E-state index contributed by atoms with van der Waals surface area (Å²) in [5.74, 6) is -6.34. The molecule has 0 aromatic heterocycles. The number of nitrogens with two attached hydrogens (primary N) is 4. The maximum absolute atomic E-state index is 12.8. The first-order chi connectivity index (χ1) is 20.4. The van der Waals surface area contributed by atoms with Gasteiger partial charge in [0.1, 0.15) is 18.1 Å². The molecule has 7 amide bonds. The highest BCUT2D eigenvalue weighted by Gasteiger charge is 2.30. The average molecular weight is 620 g/mol. The molecule has 1 saturated heterocycles. The van der Waals surface area contributed by atoms with Crippen LogP contribution in [0.25, 0.3) is 0 Å². The minimum Gasteiger partial charge on any atom is -0.365 e. The van der Waals surface area contributed by atoms with E-state index < -0.39 is 78.5 Å². The van der Waals surface area contributed by atoms with Crippen LogP contribution in [0.15, 0.2) is 0 Å². The Bertz CT molecular complexity index is 954. The summed E-state index contributed by atoms with van der Waals surface area (Å²) in [7, 11) is 1.50. The molecule has 43 heavy (non-hydrogen) atoms. The number of nitrogens with one attached hydrogen (secondary N) is 7. The summed E-state index contributed by atoms with van der Waals surface area (Å²) in [5.41, 5.74) is 21.0. The molecule has 17 N–H and O–H groups in total. The van der Waals surface area contributed by atoms with E-state index in [1.165, 1.54) is 7.05 Å². The molecule has 1 heterocycles. The lowest BCUT2D eigenvalue weighted by molar-refractivity contribution is -0.140. The second-order valence-electron chi connectivity index (χ2n) is 8.97. The molecule has 0 spiro atoms. The third-order valence-electron chi connectivity index (χ3n) is 5.66. The summed E-state index contributed by atoms with van der Waals surface area (Å²) in [5, 5.41) is 35.7. The number of hydrogen-bond acceptors (Lipinski definition) is 13. The van der Waals surface area contributed by atoms with E-state index in [0.29, 0.717) is 0 Å². The van der Waals surface area contributed by atoms with E-state index in [0.717, 1.165) is 0 Å². The van der Waals surface area contributed by atoms with Gasteiger partial charge in [-0.15, -0.1) is 0 Å². The number of carbonyl (C=O) groups is 7. The van der Waals surface area contributed by atoms with E-state index in [9.17, 15) is 43.8 Å². The standard InChI is InChI=1S/C22H40N10O9.CH5N/c23-6-3-11-16(35)27-10-15(34)31-22(41)21(40)30-12(4-7-24)17(36)29-13(5-8-25)18(37)32-20(39)19(38)26-9-1-2-14(33)28-11;1-2/h11-13,20,22,39,41H,1-10,23-25H2,(H,26,38)(H,27,35)(H,28,33)(H,29,36)(H,30,40)(H,31,34)(H,32,37);2H2,1H3. The third-order valence-corrected chi connectivity index (χ3v) is 5.66. The van der Waals surface area contributed by atoms with E-state index in [1.54, 1.807) is 0 Å². The SMILES string of the molecule is CN.NCCC1NC(=O)CCCNC(=O)C(O)NC(=O)C(CCN)NC(=O)C(CCN)NC(=O)C(O)NC(=O)CNC1=O. The summed E-state index contributed by atoms with van der Waals surface area (Å²) in [4.78, 5) is 87.0. The van der Waals surface area contributed by atoms with Crippen LogP contribution in [0.1, 0.15) is 32.1 Å². The Morgan fingerprint density at radius 2 is 1.05 bits per heavy atom. The molecule has 0 saturated carbocycles. The molecule has 0 bridgehead atoms. The van der Waals surface area contributed by atoms with Crippen LogP contribution < -0.4 is 60.2 Å². The average Bonchev–Trinajstić information content (AvgIpc) is 2.97. The van der Waals surface area contributed by atoms with Crippen molar-refractivity contribution in [3.05, 3.63) is 0 Å². The maximum atomic E-state index is 12.8. The van der Waals surface area contributed by atoms with Crippen LogP contribution in [0, 0.1) is 0 Å². The first-order valence-corrected chi connectivity index (χ1v) is 13.5. The third kappa shape index (κ3) is 15.2. The molecule has 1 fully saturated rings. The van der Waals surface area contributed by atoms with E-state index in [-0.39, 0.29) is 58.3 Å². The number of carbonyl (C=O) groups excluding carboxylic acids is 7. The first kappa shape index (κ1) is 39.0. The molecule has 5 unspecified atom stereocenters. The van der Waals surface area contributed by atoms with Crippen LogP contribution in [0.3, 0.4) is 0 Å². The van der Waals surface area contributed by atoms with Gasteiger partial charge in [0.25, 0.3) is 11.8 Å². The second kappa shape index (κ2) is 21.7. The summed E-state index contributed by atoms with van der Waals surface area (Å²) >= 11 is 0. The van der Waals surface area contributed by atoms with Gasteiger partial charge in [-0.2, -0.15) is 0 Å². The van der Waals surface area contributed by atoms with Crippen molar-refractivity contribution in [2.45, 2.75) is 62.7 Å². The predicted molar refractivity (Wildman–Crippen MR) is 150 cm³/mol. The predicted octanol–water partition coefficient (Wildman–Crippen LogP) is -8.04. The summed E-state index contributed by atoms with van der Waals surface area (Å²) in [6, 6.07) is -3.78. The summed E-state index contributed by atoms with van der Waals surface area (Å²) < 4.78 is 0. The molecule has 20 heteroatoms. The Kier molecular flexibility index (Phi) is 19.7. The van der Waals surface area contributed by atoms with Gasteiger partial charge in [0.2, 0.25) is 42.0 Å². The van der Waals surface area contributed by atoms with E-state index in [2.05, 4.69) is 32.3 Å². The molecule has 1 aliphatic heterocycles. The van der Waals surface area contributed by atoms with Gasteiger partial charge in [0.15, 0.2) is 0 Å². The van der Waals surface area contributed by atoms with Crippen LogP contribution >= 0.6 is 0 Å². The topological polar surface area (TPSA) is 348 Å². The maximum Gasteiger partial charge on any atom is 0.270 e. The molecule has 20 nitrogen and oxygen atoms in total. The number of aliphatic hydroxyl groups is 2. The van der Waals surface area contributed by atoms with E-state index >= 15 is 0 Å². The molecule has 0 aromatic carbocycles. The molecule has 0 radical (unpaired) electrons. The molecular formula is C23H45N11O9. The van der Waals surface area contributed by atoms with Crippen molar-refractivity contribution < 1.29 is 43.8 Å². The zero-order chi connectivity index (χ0) is 32.9. The largest absolute Gasteiger partial charge is 0.365 e. The van der Waals surface area contributed by atoms with Gasteiger partial charge in [-0.3, -0.25) is 33.6 Å². The van der Waals surface area contributed by atoms with Crippen molar-refractivity contribution in [1.29, 1.82) is 0 Å². The number of aliphatic hydroxyl groups excluding tert-OH is 2. The van der Waals surface area contributed by atoms with Crippen molar-refractivity contribution in [2.24, 2.45) is 22.9 Å². The van der Waals surface area contributed by atoms with Crippen molar-refractivity contribution in [3.8, 4) is 0 Å². The van der Waals surface area contributed by atoms with Gasteiger partial charge in [-0.05, 0) is 52.4 Å². The fraction of sp³-hybridized carbons (Fsp3) is 0.696. The van der Waals surface area contributed by atoms with Crippen LogP contribution in [0.5, 0.6) is 0 Å². The molecule has 246 valence electrons. The molecule has 0 aliphatic carbocycles. The van der Waals surface area contributed by atoms with Crippen molar-refractivity contribution in [2.75, 3.05) is 39.8 Å². The van der Waals surface area contributed by atoms with Crippen LogP contribution in [-0.4, -0.2) is 122 Å². The Labute approximate surface area is 248 Å². The Morgan fingerprint density at radius 1 is 0.581 bits per heavy atom. The fourth-order valence-electron chi connectivity index (χ4n) is 3.51. The monoisotopic (exact) mass is 619 g/mol. The molecule has 1 rings (SSSR count). The smallest absolute Gasteiger partial charge is 0.270 e. The lowest BCUT2D eigenvalue weighted by atomic mass is 10.1. The lowest BCUT2D eigenvalue weighted by Gasteiger charge is -2.24. The van der Waals surface area contributed by atoms with Crippen LogP contribution in [-0.2, 0) is 33.6 Å². The number of rotatable bonds is 6. The zero-order valence-electron chi connectivity index (χ0n) is 24.0. The minimum atomic E-state index is -2.13. The van der Waals surface area contributed by atoms with E-state index in [4.69, 9.17) is 17.2 Å². The van der Waals surface area contributed by atoms with Gasteiger partial charge in [-0.25, -0.2) is 0 Å². The highest BCUT2D eigenvalue weighted by atomic mass is 16.3. The van der Waals surface area contributed by atoms with E-state index in [1.807, 2.05) is 10.6 Å².